The predicted octanol–water partition coefficient (Wildman–Crippen LogP) is 1.57. The van der Waals surface area contributed by atoms with Gasteiger partial charge in [0, 0.05) is 13.7 Å². The molecule has 0 heterocycles. The van der Waals surface area contributed by atoms with E-state index in [0.29, 0.717) is 5.84 Å². The molecule has 0 saturated heterocycles. The third kappa shape index (κ3) is 2.81. The van der Waals surface area contributed by atoms with Crippen LogP contribution in [0.4, 0.5) is 0 Å². The summed E-state index contributed by atoms with van der Waals surface area (Å²) >= 11 is 0. The average molecular weight is 172 g/mol. The molecule has 3 heteroatoms. The largest absolute Gasteiger partial charge is 0.385 e. The van der Waals surface area contributed by atoms with Gasteiger partial charge in [0.05, 0.1) is 0 Å². The summed E-state index contributed by atoms with van der Waals surface area (Å²) in [6.45, 7) is 6.86. The van der Waals surface area contributed by atoms with E-state index in [4.69, 9.17) is 10.5 Å². The van der Waals surface area contributed by atoms with E-state index < -0.39 is 0 Å². The van der Waals surface area contributed by atoms with Crippen molar-refractivity contribution in [2.45, 2.75) is 39.2 Å². The average Bonchev–Trinajstić information content (AvgIpc) is 2.12. The van der Waals surface area contributed by atoms with E-state index in [1.807, 2.05) is 13.8 Å². The Morgan fingerprint density at radius 1 is 1.50 bits per heavy atom. The molecule has 0 fully saturated rings. The molecule has 1 atom stereocenters. The topological polar surface area (TPSA) is 47.6 Å². The Balaban J connectivity index is 4.29. The minimum absolute atomic E-state index is 0.380. The van der Waals surface area contributed by atoms with Crippen molar-refractivity contribution < 1.29 is 4.74 Å². The second-order valence-electron chi connectivity index (χ2n) is 3.06. The molecule has 0 aromatic carbocycles. The summed E-state index contributed by atoms with van der Waals surface area (Å²) in [6.07, 6.45) is 1.87. The number of nitrogens with zero attached hydrogens (tertiary/aromatic N) is 1. The summed E-state index contributed by atoms with van der Waals surface area (Å²) < 4.78 is 5.29. The first kappa shape index (κ1) is 11.4. The fourth-order valence-electron chi connectivity index (χ4n) is 0.830. The number of rotatable bonds is 5. The zero-order valence-electron chi connectivity index (χ0n) is 8.55. The van der Waals surface area contributed by atoms with Crippen LogP contribution in [-0.4, -0.2) is 25.1 Å². The van der Waals surface area contributed by atoms with Crippen LogP contribution < -0.4 is 5.73 Å². The number of hydrogen-bond donors (Lipinski definition) is 1. The van der Waals surface area contributed by atoms with Crippen LogP contribution in [0.1, 0.15) is 33.6 Å². The van der Waals surface area contributed by atoms with E-state index >= 15 is 0 Å². The molecule has 0 radical (unpaired) electrons. The number of nitrogens with two attached hydrogens (primary N) is 1. The van der Waals surface area contributed by atoms with Crippen LogP contribution in [-0.2, 0) is 4.74 Å². The monoisotopic (exact) mass is 172 g/mol. The van der Waals surface area contributed by atoms with Crippen molar-refractivity contribution in [1.29, 1.82) is 0 Å². The van der Waals surface area contributed by atoms with Gasteiger partial charge in [0.25, 0.3) is 0 Å². The normalized spacial score (nSPS) is 17.5. The van der Waals surface area contributed by atoms with E-state index in [1.165, 1.54) is 0 Å². The first-order chi connectivity index (χ1) is 5.60. The van der Waals surface area contributed by atoms with Gasteiger partial charge in [-0.3, -0.25) is 4.99 Å². The van der Waals surface area contributed by atoms with Crippen molar-refractivity contribution in [3.8, 4) is 0 Å². The summed E-state index contributed by atoms with van der Waals surface area (Å²) in [5, 5.41) is 0. The van der Waals surface area contributed by atoms with E-state index in [2.05, 4.69) is 11.9 Å². The van der Waals surface area contributed by atoms with Crippen LogP contribution in [0.5, 0.6) is 0 Å². The quantitative estimate of drug-likeness (QED) is 0.505. The standard InChI is InChI=1S/C9H20N2O/c1-5-7-11-8(10)9(3,6-2)12-4/h5-7H2,1-4H3,(H2,10,11). The van der Waals surface area contributed by atoms with Crippen LogP contribution in [0.25, 0.3) is 0 Å². The molecule has 12 heavy (non-hydrogen) atoms. The highest BCUT2D eigenvalue weighted by Crippen LogP contribution is 2.13. The molecule has 0 aliphatic rings. The van der Waals surface area contributed by atoms with Crippen molar-refractivity contribution in [2.75, 3.05) is 13.7 Å². The maximum absolute atomic E-state index is 5.78. The van der Waals surface area contributed by atoms with Gasteiger partial charge in [0.15, 0.2) is 0 Å². The minimum Gasteiger partial charge on any atom is -0.385 e. The highest BCUT2D eigenvalue weighted by atomic mass is 16.5. The molecule has 0 rings (SSSR count). The summed E-state index contributed by atoms with van der Waals surface area (Å²) in [7, 11) is 1.66. The Bertz CT molecular complexity index is 151. The molecule has 3 nitrogen and oxygen atoms in total. The Morgan fingerprint density at radius 2 is 2.08 bits per heavy atom. The molecule has 0 amide bonds. The molecule has 0 aliphatic carbocycles. The van der Waals surface area contributed by atoms with Gasteiger partial charge in [-0.25, -0.2) is 0 Å². The summed E-state index contributed by atoms with van der Waals surface area (Å²) in [4.78, 5) is 4.23. The minimum atomic E-state index is -0.380. The highest BCUT2D eigenvalue weighted by molar-refractivity contribution is 5.88. The number of aliphatic imine (C=N–C) groups is 1. The number of methoxy groups -OCH3 is 1. The molecule has 0 spiro atoms. The molecule has 2 N–H and O–H groups in total. The van der Waals surface area contributed by atoms with Gasteiger partial charge in [-0.2, -0.15) is 0 Å². The molecule has 0 saturated carbocycles. The lowest BCUT2D eigenvalue weighted by atomic mass is 10.0. The fraction of sp³-hybridized carbons (Fsp3) is 0.889. The summed E-state index contributed by atoms with van der Waals surface area (Å²) in [5.41, 5.74) is 5.40. The van der Waals surface area contributed by atoms with E-state index in [-0.39, 0.29) is 5.60 Å². The highest BCUT2D eigenvalue weighted by Gasteiger charge is 2.25. The van der Waals surface area contributed by atoms with Crippen LogP contribution >= 0.6 is 0 Å². The molecule has 0 bridgehead atoms. The van der Waals surface area contributed by atoms with Gasteiger partial charge in [-0.1, -0.05) is 13.8 Å². The van der Waals surface area contributed by atoms with Crippen LogP contribution in [0, 0.1) is 0 Å². The van der Waals surface area contributed by atoms with Gasteiger partial charge < -0.3 is 10.5 Å². The van der Waals surface area contributed by atoms with Gasteiger partial charge in [0.2, 0.25) is 0 Å². The smallest absolute Gasteiger partial charge is 0.126 e. The zero-order valence-corrected chi connectivity index (χ0v) is 8.55. The first-order valence-corrected chi connectivity index (χ1v) is 4.46. The molecule has 72 valence electrons. The lowest BCUT2D eigenvalue weighted by molar-refractivity contribution is 0.0618. The molecular formula is C9H20N2O. The van der Waals surface area contributed by atoms with Gasteiger partial charge >= 0.3 is 0 Å². The predicted molar refractivity (Wildman–Crippen MR) is 52.5 cm³/mol. The van der Waals surface area contributed by atoms with E-state index in [1.54, 1.807) is 7.11 Å². The molecule has 0 aromatic rings. The molecule has 0 aliphatic heterocycles. The van der Waals surface area contributed by atoms with Crippen molar-refractivity contribution in [3.05, 3.63) is 0 Å². The van der Waals surface area contributed by atoms with Gasteiger partial charge in [0.1, 0.15) is 11.4 Å². The van der Waals surface area contributed by atoms with Crippen molar-refractivity contribution in [1.82, 2.24) is 0 Å². The van der Waals surface area contributed by atoms with Gasteiger partial charge in [-0.05, 0) is 19.8 Å². The van der Waals surface area contributed by atoms with Crippen LogP contribution in [0.3, 0.4) is 0 Å². The maximum atomic E-state index is 5.78. The van der Waals surface area contributed by atoms with E-state index in [9.17, 15) is 0 Å². The van der Waals surface area contributed by atoms with Crippen molar-refractivity contribution in [3.63, 3.8) is 0 Å². The van der Waals surface area contributed by atoms with Crippen LogP contribution in [0.15, 0.2) is 4.99 Å². The number of hydrogen-bond acceptors (Lipinski definition) is 2. The Morgan fingerprint density at radius 3 is 2.42 bits per heavy atom. The van der Waals surface area contributed by atoms with E-state index in [0.717, 1.165) is 19.4 Å². The third-order valence-electron chi connectivity index (χ3n) is 2.17. The molecule has 0 aromatic heterocycles. The van der Waals surface area contributed by atoms with Crippen molar-refractivity contribution in [2.24, 2.45) is 10.7 Å². The SMILES string of the molecule is CCCN=C(N)C(C)(CC)OC. The van der Waals surface area contributed by atoms with Gasteiger partial charge in [-0.15, -0.1) is 0 Å². The second-order valence-corrected chi connectivity index (χ2v) is 3.06. The fourth-order valence-corrected chi connectivity index (χ4v) is 0.830. The lowest BCUT2D eigenvalue weighted by Gasteiger charge is -2.25. The summed E-state index contributed by atoms with van der Waals surface area (Å²) in [5.74, 6) is 0.606. The molecule has 1 unspecified atom stereocenters. The maximum Gasteiger partial charge on any atom is 0.126 e. The Hall–Kier alpha value is -0.570. The Labute approximate surface area is 75.0 Å². The lowest BCUT2D eigenvalue weighted by Crippen LogP contribution is -2.42. The number of amidine groups is 1. The number of ether oxygens (including phenoxy) is 1. The zero-order chi connectivity index (χ0) is 9.61. The molecular weight excluding hydrogens is 152 g/mol. The van der Waals surface area contributed by atoms with Crippen LogP contribution in [0.2, 0.25) is 0 Å². The second kappa shape index (κ2) is 5.14. The first-order valence-electron chi connectivity index (χ1n) is 4.46. The summed E-state index contributed by atoms with van der Waals surface area (Å²) in [6, 6.07) is 0. The third-order valence-corrected chi connectivity index (χ3v) is 2.17. The van der Waals surface area contributed by atoms with Crippen molar-refractivity contribution >= 4 is 5.84 Å². The Kier molecular flexibility index (Phi) is 4.90.